The molecule has 0 bridgehead atoms. The fourth-order valence-electron chi connectivity index (χ4n) is 2.04. The lowest BCUT2D eigenvalue weighted by molar-refractivity contribution is 0.628. The van der Waals surface area contributed by atoms with E-state index in [9.17, 15) is 4.39 Å². The van der Waals surface area contributed by atoms with E-state index >= 15 is 0 Å². The highest BCUT2D eigenvalue weighted by Gasteiger charge is 2.09. The fraction of sp³-hybridized carbons (Fsp3) is 0.0714. The normalized spacial score (nSPS) is 11.0. The third kappa shape index (κ3) is 1.76. The minimum absolute atomic E-state index is 0.265. The monoisotopic (exact) mass is 241 g/mol. The van der Waals surface area contributed by atoms with Crippen LogP contribution in [0.4, 0.5) is 4.39 Å². The summed E-state index contributed by atoms with van der Waals surface area (Å²) in [6, 6.07) is 12.3. The summed E-state index contributed by atoms with van der Waals surface area (Å²) in [7, 11) is 0. The summed E-state index contributed by atoms with van der Waals surface area (Å²) in [5, 5.41) is 8.16. The summed E-state index contributed by atoms with van der Waals surface area (Å²) in [5.41, 5.74) is 9.09. The summed E-state index contributed by atoms with van der Waals surface area (Å²) < 4.78 is 13.2. The number of nitrogens with zero attached hydrogens (tertiary/aromatic N) is 1. The lowest BCUT2D eigenvalue weighted by Crippen LogP contribution is -1.95. The predicted molar refractivity (Wildman–Crippen MR) is 69.4 cm³/mol. The molecule has 0 unspecified atom stereocenters. The van der Waals surface area contributed by atoms with E-state index < -0.39 is 0 Å². The molecule has 1 aromatic heterocycles. The summed E-state index contributed by atoms with van der Waals surface area (Å²) in [4.78, 5) is 0. The van der Waals surface area contributed by atoms with Crippen molar-refractivity contribution in [3.63, 3.8) is 0 Å². The predicted octanol–water partition coefficient (Wildman–Crippen LogP) is 2.83. The summed E-state index contributed by atoms with van der Waals surface area (Å²) >= 11 is 0. The van der Waals surface area contributed by atoms with Crippen LogP contribution in [-0.2, 0) is 6.54 Å². The van der Waals surface area contributed by atoms with Gasteiger partial charge in [0, 0.05) is 17.5 Å². The van der Waals surface area contributed by atoms with Gasteiger partial charge in [0.15, 0.2) is 0 Å². The summed E-state index contributed by atoms with van der Waals surface area (Å²) in [5.74, 6) is -0.265. The average Bonchev–Trinajstić information content (AvgIpc) is 2.81. The van der Waals surface area contributed by atoms with Crippen molar-refractivity contribution in [2.45, 2.75) is 6.54 Å². The Kier molecular flexibility index (Phi) is 2.57. The fourth-order valence-corrected chi connectivity index (χ4v) is 2.04. The zero-order valence-electron chi connectivity index (χ0n) is 9.65. The second kappa shape index (κ2) is 4.23. The van der Waals surface area contributed by atoms with E-state index in [2.05, 4.69) is 10.2 Å². The number of benzene rings is 2. The number of halogens is 1. The second-order valence-electron chi connectivity index (χ2n) is 4.17. The first-order valence-electron chi connectivity index (χ1n) is 5.71. The molecule has 18 heavy (non-hydrogen) atoms. The lowest BCUT2D eigenvalue weighted by atomic mass is 10.1. The van der Waals surface area contributed by atoms with Gasteiger partial charge in [-0.25, -0.2) is 4.39 Å². The molecular formula is C14H12FN3. The first kappa shape index (κ1) is 10.9. The van der Waals surface area contributed by atoms with Crippen LogP contribution >= 0.6 is 0 Å². The van der Waals surface area contributed by atoms with Crippen LogP contribution in [0, 0.1) is 5.82 Å². The standard InChI is InChI=1S/C14H12FN3/c15-11-3-1-2-10(7-11)14-12-6-9(8-16)4-5-13(12)17-18-14/h1-7H,8,16H2,(H,17,18). The Balaban J connectivity index is 2.22. The Morgan fingerprint density at radius 3 is 2.83 bits per heavy atom. The zero-order valence-corrected chi connectivity index (χ0v) is 9.65. The number of hydrogen-bond donors (Lipinski definition) is 2. The molecule has 0 aliphatic rings. The maximum atomic E-state index is 13.2. The molecule has 0 aliphatic carbocycles. The van der Waals surface area contributed by atoms with Gasteiger partial charge in [0.05, 0.1) is 5.52 Å². The minimum Gasteiger partial charge on any atom is -0.326 e. The third-order valence-electron chi connectivity index (χ3n) is 2.96. The van der Waals surface area contributed by atoms with Gasteiger partial charge in [-0.1, -0.05) is 18.2 Å². The van der Waals surface area contributed by atoms with Crippen LogP contribution in [0.25, 0.3) is 22.2 Å². The Labute approximate surface area is 103 Å². The highest BCUT2D eigenvalue weighted by Crippen LogP contribution is 2.27. The highest BCUT2D eigenvalue weighted by atomic mass is 19.1. The zero-order chi connectivity index (χ0) is 12.5. The van der Waals surface area contributed by atoms with Crippen LogP contribution in [0.3, 0.4) is 0 Å². The first-order valence-corrected chi connectivity index (χ1v) is 5.71. The molecule has 3 aromatic rings. The number of nitrogens with one attached hydrogen (secondary N) is 1. The van der Waals surface area contributed by atoms with Crippen molar-refractivity contribution in [2.75, 3.05) is 0 Å². The van der Waals surface area contributed by atoms with Gasteiger partial charge in [-0.3, -0.25) is 5.10 Å². The van der Waals surface area contributed by atoms with Crippen LogP contribution in [0.1, 0.15) is 5.56 Å². The molecule has 0 saturated heterocycles. The van der Waals surface area contributed by atoms with E-state index in [1.54, 1.807) is 6.07 Å². The van der Waals surface area contributed by atoms with Crippen molar-refractivity contribution < 1.29 is 4.39 Å². The van der Waals surface area contributed by atoms with E-state index in [1.165, 1.54) is 12.1 Å². The Morgan fingerprint density at radius 1 is 1.17 bits per heavy atom. The molecule has 0 radical (unpaired) electrons. The molecule has 3 rings (SSSR count). The van der Waals surface area contributed by atoms with Gasteiger partial charge in [-0.05, 0) is 29.8 Å². The van der Waals surface area contributed by atoms with Crippen LogP contribution in [0.15, 0.2) is 42.5 Å². The van der Waals surface area contributed by atoms with E-state index in [4.69, 9.17) is 5.73 Å². The number of hydrogen-bond acceptors (Lipinski definition) is 2. The number of fused-ring (bicyclic) bond motifs is 1. The third-order valence-corrected chi connectivity index (χ3v) is 2.96. The van der Waals surface area contributed by atoms with Crippen molar-refractivity contribution in [1.82, 2.24) is 10.2 Å². The summed E-state index contributed by atoms with van der Waals surface area (Å²) in [6.45, 7) is 0.476. The molecule has 0 aliphatic heterocycles. The molecule has 3 N–H and O–H groups in total. The van der Waals surface area contributed by atoms with Gasteiger partial charge < -0.3 is 5.73 Å². The molecule has 0 amide bonds. The van der Waals surface area contributed by atoms with E-state index in [0.717, 1.165) is 27.7 Å². The van der Waals surface area contributed by atoms with Gasteiger partial charge in [-0.15, -0.1) is 0 Å². The Morgan fingerprint density at radius 2 is 2.06 bits per heavy atom. The number of aromatic amines is 1. The maximum Gasteiger partial charge on any atom is 0.123 e. The molecule has 2 aromatic carbocycles. The van der Waals surface area contributed by atoms with Crippen molar-refractivity contribution in [2.24, 2.45) is 5.73 Å². The molecule has 0 fully saturated rings. The van der Waals surface area contributed by atoms with Gasteiger partial charge in [0.25, 0.3) is 0 Å². The van der Waals surface area contributed by atoms with Crippen molar-refractivity contribution >= 4 is 10.9 Å². The van der Waals surface area contributed by atoms with Crippen LogP contribution in [0.5, 0.6) is 0 Å². The van der Waals surface area contributed by atoms with Gasteiger partial charge in [0.2, 0.25) is 0 Å². The minimum atomic E-state index is -0.265. The smallest absolute Gasteiger partial charge is 0.123 e. The SMILES string of the molecule is NCc1ccc2[nH]nc(-c3cccc(F)c3)c2c1. The Hall–Kier alpha value is -2.20. The van der Waals surface area contributed by atoms with Crippen LogP contribution in [-0.4, -0.2) is 10.2 Å². The van der Waals surface area contributed by atoms with Gasteiger partial charge in [-0.2, -0.15) is 5.10 Å². The molecule has 0 spiro atoms. The second-order valence-corrected chi connectivity index (χ2v) is 4.17. The first-order chi connectivity index (χ1) is 8.78. The molecule has 1 heterocycles. The van der Waals surface area contributed by atoms with Crippen LogP contribution in [0.2, 0.25) is 0 Å². The molecule has 90 valence electrons. The van der Waals surface area contributed by atoms with Crippen molar-refractivity contribution in [3.05, 3.63) is 53.8 Å². The largest absolute Gasteiger partial charge is 0.326 e. The van der Waals surface area contributed by atoms with Crippen molar-refractivity contribution in [1.29, 1.82) is 0 Å². The maximum absolute atomic E-state index is 13.2. The van der Waals surface area contributed by atoms with Gasteiger partial charge in [0.1, 0.15) is 11.5 Å². The molecule has 0 atom stereocenters. The molecule has 0 saturated carbocycles. The van der Waals surface area contributed by atoms with E-state index in [-0.39, 0.29) is 5.82 Å². The number of H-pyrrole nitrogens is 1. The van der Waals surface area contributed by atoms with E-state index in [0.29, 0.717) is 6.54 Å². The van der Waals surface area contributed by atoms with Gasteiger partial charge >= 0.3 is 0 Å². The molecule has 3 nitrogen and oxygen atoms in total. The molecular weight excluding hydrogens is 229 g/mol. The summed E-state index contributed by atoms with van der Waals surface area (Å²) in [6.07, 6.45) is 0. The highest BCUT2D eigenvalue weighted by molar-refractivity contribution is 5.93. The van der Waals surface area contributed by atoms with Crippen LogP contribution < -0.4 is 5.73 Å². The quantitative estimate of drug-likeness (QED) is 0.724. The number of nitrogens with two attached hydrogens (primary N) is 1. The van der Waals surface area contributed by atoms with Crippen molar-refractivity contribution in [3.8, 4) is 11.3 Å². The lowest BCUT2D eigenvalue weighted by Gasteiger charge is -2.00. The number of rotatable bonds is 2. The Bertz CT molecular complexity index is 703. The topological polar surface area (TPSA) is 54.7 Å². The molecule has 4 heteroatoms. The van der Waals surface area contributed by atoms with E-state index in [1.807, 2.05) is 24.3 Å². The average molecular weight is 241 g/mol. The number of aromatic nitrogens is 2.